The zero-order chi connectivity index (χ0) is 12.9. The second-order valence-corrected chi connectivity index (χ2v) is 6.90. The molecule has 4 heteroatoms. The minimum Gasteiger partial charge on any atom is -0.313 e. The molecule has 3 nitrogen and oxygen atoms in total. The molecule has 0 heterocycles. The molecule has 2 atom stereocenters. The highest BCUT2D eigenvalue weighted by Crippen LogP contribution is 2.13. The highest BCUT2D eigenvalue weighted by Gasteiger charge is 2.11. The molecule has 0 aliphatic heterocycles. The highest BCUT2D eigenvalue weighted by atomic mass is 32.2. The van der Waals surface area contributed by atoms with Crippen LogP contribution in [0.1, 0.15) is 25.3 Å². The van der Waals surface area contributed by atoms with Crippen molar-refractivity contribution < 1.29 is 8.42 Å². The molecule has 0 fully saturated rings. The van der Waals surface area contributed by atoms with Gasteiger partial charge in [-0.15, -0.1) is 0 Å². The first-order valence-electron chi connectivity index (χ1n) is 5.84. The molecule has 0 aliphatic rings. The van der Waals surface area contributed by atoms with Crippen LogP contribution in [0.2, 0.25) is 0 Å². The molecule has 0 saturated heterocycles. The van der Waals surface area contributed by atoms with Crippen molar-refractivity contribution in [2.45, 2.75) is 25.8 Å². The number of hydrogen-bond donors (Lipinski definition) is 1. The van der Waals surface area contributed by atoms with Gasteiger partial charge < -0.3 is 5.32 Å². The van der Waals surface area contributed by atoms with Crippen LogP contribution in [0.25, 0.3) is 0 Å². The van der Waals surface area contributed by atoms with Crippen LogP contribution in [-0.2, 0) is 9.84 Å². The lowest BCUT2D eigenvalue weighted by atomic mass is 10.0. The van der Waals surface area contributed by atoms with Gasteiger partial charge in [-0.25, -0.2) is 8.42 Å². The van der Waals surface area contributed by atoms with E-state index < -0.39 is 9.84 Å². The van der Waals surface area contributed by atoms with Crippen molar-refractivity contribution in [3.8, 4) is 0 Å². The lowest BCUT2D eigenvalue weighted by Gasteiger charge is -2.17. The standard InChI is InChI=1S/C13H21NO2S/c1-11(13-7-5-4-6-8-13)9-14-12(2)10-17(3,15)16/h4-8,11-12,14H,9-10H2,1-3H3. The Morgan fingerprint density at radius 1 is 1.18 bits per heavy atom. The van der Waals surface area contributed by atoms with Crippen LogP contribution in [0, 0.1) is 0 Å². The topological polar surface area (TPSA) is 46.2 Å². The van der Waals surface area contributed by atoms with E-state index in [1.54, 1.807) is 0 Å². The third-order valence-electron chi connectivity index (χ3n) is 2.69. The molecule has 0 spiro atoms. The third kappa shape index (κ3) is 5.84. The van der Waals surface area contributed by atoms with E-state index in [4.69, 9.17) is 0 Å². The number of rotatable bonds is 6. The van der Waals surface area contributed by atoms with Crippen molar-refractivity contribution in [3.05, 3.63) is 35.9 Å². The predicted octanol–water partition coefficient (Wildman–Crippen LogP) is 1.81. The summed E-state index contributed by atoms with van der Waals surface area (Å²) in [6.07, 6.45) is 1.27. The van der Waals surface area contributed by atoms with Crippen molar-refractivity contribution in [1.29, 1.82) is 0 Å². The van der Waals surface area contributed by atoms with Gasteiger partial charge >= 0.3 is 0 Å². The van der Waals surface area contributed by atoms with E-state index in [0.29, 0.717) is 5.92 Å². The summed E-state index contributed by atoms with van der Waals surface area (Å²) in [5, 5.41) is 3.26. The van der Waals surface area contributed by atoms with Gasteiger partial charge in [0.1, 0.15) is 9.84 Å². The molecular weight excluding hydrogens is 234 g/mol. The summed E-state index contributed by atoms with van der Waals surface area (Å²) in [5.74, 6) is 0.576. The number of hydrogen-bond acceptors (Lipinski definition) is 3. The van der Waals surface area contributed by atoms with Gasteiger partial charge in [-0.3, -0.25) is 0 Å². The van der Waals surface area contributed by atoms with Crippen LogP contribution < -0.4 is 5.32 Å². The fourth-order valence-corrected chi connectivity index (χ4v) is 2.82. The maximum absolute atomic E-state index is 11.1. The summed E-state index contributed by atoms with van der Waals surface area (Å²) in [5.41, 5.74) is 1.27. The van der Waals surface area contributed by atoms with Crippen molar-refractivity contribution in [3.63, 3.8) is 0 Å². The normalized spacial score (nSPS) is 15.5. The highest BCUT2D eigenvalue weighted by molar-refractivity contribution is 7.90. The number of sulfone groups is 1. The van der Waals surface area contributed by atoms with E-state index in [2.05, 4.69) is 24.4 Å². The van der Waals surface area contributed by atoms with E-state index in [-0.39, 0.29) is 11.8 Å². The average molecular weight is 255 g/mol. The molecule has 96 valence electrons. The molecule has 0 radical (unpaired) electrons. The summed E-state index contributed by atoms with van der Waals surface area (Å²) in [7, 11) is -2.90. The molecule has 0 bridgehead atoms. The van der Waals surface area contributed by atoms with Gasteiger partial charge in [0.2, 0.25) is 0 Å². The van der Waals surface area contributed by atoms with E-state index in [0.717, 1.165) is 6.54 Å². The lowest BCUT2D eigenvalue weighted by molar-refractivity contribution is 0.536. The molecule has 0 aromatic heterocycles. The maximum atomic E-state index is 11.1. The Kier molecular flexibility index (Phi) is 5.15. The van der Waals surface area contributed by atoms with Crippen LogP contribution in [0.15, 0.2) is 30.3 Å². The van der Waals surface area contributed by atoms with E-state index in [9.17, 15) is 8.42 Å². The second-order valence-electron chi connectivity index (χ2n) is 4.71. The molecule has 2 unspecified atom stereocenters. The molecule has 1 aromatic carbocycles. The molecule has 1 rings (SSSR count). The van der Waals surface area contributed by atoms with Gasteiger partial charge in [-0.2, -0.15) is 0 Å². The molecule has 1 aromatic rings. The van der Waals surface area contributed by atoms with Gasteiger partial charge in [-0.1, -0.05) is 37.3 Å². The summed E-state index contributed by atoms with van der Waals surface area (Å²) in [6.45, 7) is 4.83. The fraction of sp³-hybridized carbons (Fsp3) is 0.538. The third-order valence-corrected chi connectivity index (χ3v) is 3.80. The van der Waals surface area contributed by atoms with Gasteiger partial charge in [-0.05, 0) is 18.4 Å². The van der Waals surface area contributed by atoms with Gasteiger partial charge in [0.05, 0.1) is 5.75 Å². The van der Waals surface area contributed by atoms with Crippen molar-refractivity contribution in [2.75, 3.05) is 18.6 Å². The Balaban J connectivity index is 2.41. The Morgan fingerprint density at radius 3 is 2.29 bits per heavy atom. The number of benzene rings is 1. The summed E-state index contributed by atoms with van der Waals surface area (Å²) < 4.78 is 22.2. The SMILES string of the molecule is CC(CS(C)(=O)=O)NCC(C)c1ccccc1. The zero-order valence-corrected chi connectivity index (χ0v) is 11.5. The monoisotopic (exact) mass is 255 g/mol. The van der Waals surface area contributed by atoms with Crippen LogP contribution in [0.3, 0.4) is 0 Å². The first-order chi connectivity index (χ1) is 7.88. The van der Waals surface area contributed by atoms with Crippen molar-refractivity contribution in [2.24, 2.45) is 0 Å². The summed E-state index contributed by atoms with van der Waals surface area (Å²) in [4.78, 5) is 0. The Bertz CT molecular complexity index is 428. The summed E-state index contributed by atoms with van der Waals surface area (Å²) in [6, 6.07) is 10.2. The first-order valence-corrected chi connectivity index (χ1v) is 7.90. The van der Waals surface area contributed by atoms with E-state index >= 15 is 0 Å². The minimum atomic E-state index is -2.90. The first kappa shape index (κ1) is 14.2. The van der Waals surface area contributed by atoms with Crippen LogP contribution in [-0.4, -0.2) is 33.0 Å². The average Bonchev–Trinajstić information content (AvgIpc) is 2.25. The summed E-state index contributed by atoms with van der Waals surface area (Å²) >= 11 is 0. The number of nitrogens with one attached hydrogen (secondary N) is 1. The van der Waals surface area contributed by atoms with Gasteiger partial charge in [0.25, 0.3) is 0 Å². The molecule has 17 heavy (non-hydrogen) atoms. The Morgan fingerprint density at radius 2 is 1.76 bits per heavy atom. The quantitative estimate of drug-likeness (QED) is 0.843. The van der Waals surface area contributed by atoms with Gasteiger partial charge in [0.15, 0.2) is 0 Å². The maximum Gasteiger partial charge on any atom is 0.148 e. The molecule has 0 saturated carbocycles. The van der Waals surface area contributed by atoms with Crippen molar-refractivity contribution >= 4 is 9.84 Å². The van der Waals surface area contributed by atoms with Crippen LogP contribution >= 0.6 is 0 Å². The van der Waals surface area contributed by atoms with E-state index in [1.165, 1.54) is 11.8 Å². The second kappa shape index (κ2) is 6.17. The van der Waals surface area contributed by atoms with Gasteiger partial charge in [0, 0.05) is 18.8 Å². The smallest absolute Gasteiger partial charge is 0.148 e. The van der Waals surface area contributed by atoms with E-state index in [1.807, 2.05) is 25.1 Å². The predicted molar refractivity (Wildman–Crippen MR) is 72.0 cm³/mol. The molecule has 0 aliphatic carbocycles. The molecule has 1 N–H and O–H groups in total. The van der Waals surface area contributed by atoms with Crippen LogP contribution in [0.4, 0.5) is 0 Å². The zero-order valence-electron chi connectivity index (χ0n) is 10.7. The van der Waals surface area contributed by atoms with Crippen LogP contribution in [0.5, 0.6) is 0 Å². The Labute approximate surface area is 104 Å². The fourth-order valence-electron chi connectivity index (χ4n) is 1.79. The molecular formula is C13H21NO2S. The minimum absolute atomic E-state index is 0.00355. The largest absolute Gasteiger partial charge is 0.313 e. The van der Waals surface area contributed by atoms with Crippen molar-refractivity contribution in [1.82, 2.24) is 5.32 Å². The molecule has 0 amide bonds. The lowest BCUT2D eigenvalue weighted by Crippen LogP contribution is -2.35. The Hall–Kier alpha value is -0.870.